The summed E-state index contributed by atoms with van der Waals surface area (Å²) in [6, 6.07) is 6.57. The topological polar surface area (TPSA) is 12.0 Å². The van der Waals surface area contributed by atoms with Crippen molar-refractivity contribution in [1.29, 1.82) is 0 Å². The summed E-state index contributed by atoms with van der Waals surface area (Å²) in [6.45, 7) is 2.52. The van der Waals surface area contributed by atoms with Gasteiger partial charge in [0.25, 0.3) is 0 Å². The molecule has 0 aliphatic heterocycles. The second-order valence-electron chi connectivity index (χ2n) is 2.86. The van der Waals surface area contributed by atoms with Crippen molar-refractivity contribution in [3.63, 3.8) is 0 Å². The van der Waals surface area contributed by atoms with Crippen molar-refractivity contribution in [2.24, 2.45) is 0 Å². The molecule has 0 unspecified atom stereocenters. The summed E-state index contributed by atoms with van der Waals surface area (Å²) in [6.07, 6.45) is 5.11. The van der Waals surface area contributed by atoms with E-state index in [4.69, 9.17) is 6.42 Å². The van der Waals surface area contributed by atoms with Gasteiger partial charge in [-0.1, -0.05) is 18.1 Å². The summed E-state index contributed by atoms with van der Waals surface area (Å²) in [5.41, 5.74) is 1.04. The Bertz CT molecular complexity index is 302. The predicted octanol–water partition coefficient (Wildman–Crippen LogP) is 2.53. The standard InChI is InChI=1S/C11H12FN.ClH/c1-3-8-13-9(2)10-4-6-11(12)7-5-10;/h1,4-7,9,13H,8H2,2H3;1H/t9-;/m0./s1. The molecule has 0 fully saturated rings. The van der Waals surface area contributed by atoms with E-state index in [1.807, 2.05) is 6.92 Å². The molecule has 0 aliphatic carbocycles. The first-order valence-corrected chi connectivity index (χ1v) is 4.16. The first kappa shape index (κ1) is 13.0. The quantitative estimate of drug-likeness (QED) is 0.761. The summed E-state index contributed by atoms with van der Waals surface area (Å²) >= 11 is 0. The zero-order valence-corrected chi connectivity index (χ0v) is 8.77. The van der Waals surface area contributed by atoms with E-state index in [2.05, 4.69) is 11.2 Å². The number of benzene rings is 1. The van der Waals surface area contributed by atoms with Crippen LogP contribution in [0.15, 0.2) is 24.3 Å². The third kappa shape index (κ3) is 3.78. The summed E-state index contributed by atoms with van der Waals surface area (Å²) in [4.78, 5) is 0. The summed E-state index contributed by atoms with van der Waals surface area (Å²) < 4.78 is 12.5. The van der Waals surface area contributed by atoms with Crippen LogP contribution in [0.5, 0.6) is 0 Å². The van der Waals surface area contributed by atoms with Crippen LogP contribution in [0.25, 0.3) is 0 Å². The Morgan fingerprint density at radius 2 is 2.00 bits per heavy atom. The van der Waals surface area contributed by atoms with E-state index in [0.717, 1.165) is 5.56 Å². The maximum absolute atomic E-state index is 12.5. The fourth-order valence-corrected chi connectivity index (χ4v) is 1.08. The number of terminal acetylenes is 1. The molecule has 1 aromatic carbocycles. The maximum Gasteiger partial charge on any atom is 0.123 e. The van der Waals surface area contributed by atoms with Gasteiger partial charge in [-0.3, -0.25) is 5.32 Å². The lowest BCUT2D eigenvalue weighted by molar-refractivity contribution is 0.609. The highest BCUT2D eigenvalue weighted by Gasteiger charge is 2.02. The molecule has 0 amide bonds. The molecule has 0 heterocycles. The van der Waals surface area contributed by atoms with Gasteiger partial charge in [0.2, 0.25) is 0 Å². The molecule has 0 bridgehead atoms. The SMILES string of the molecule is C#CCN[C@@H](C)c1ccc(F)cc1.Cl. The Hall–Kier alpha value is -1.04. The normalized spacial score (nSPS) is 11.2. The van der Waals surface area contributed by atoms with Crippen molar-refractivity contribution in [3.8, 4) is 12.3 Å². The van der Waals surface area contributed by atoms with Gasteiger partial charge in [-0.2, -0.15) is 0 Å². The van der Waals surface area contributed by atoms with Crippen LogP contribution in [0.4, 0.5) is 4.39 Å². The summed E-state index contributed by atoms with van der Waals surface area (Å²) in [5, 5.41) is 3.11. The molecule has 0 spiro atoms. The molecule has 0 radical (unpaired) electrons. The van der Waals surface area contributed by atoms with Gasteiger partial charge in [0.1, 0.15) is 5.82 Å². The second-order valence-corrected chi connectivity index (χ2v) is 2.86. The number of hydrogen-bond acceptors (Lipinski definition) is 1. The van der Waals surface area contributed by atoms with E-state index in [9.17, 15) is 4.39 Å². The summed E-state index contributed by atoms with van der Waals surface area (Å²) in [7, 11) is 0. The fourth-order valence-electron chi connectivity index (χ4n) is 1.08. The van der Waals surface area contributed by atoms with E-state index in [0.29, 0.717) is 6.54 Å². The first-order chi connectivity index (χ1) is 6.24. The van der Waals surface area contributed by atoms with Crippen LogP contribution in [-0.4, -0.2) is 6.54 Å². The molecule has 0 saturated heterocycles. The Labute approximate surface area is 90.1 Å². The van der Waals surface area contributed by atoms with Gasteiger partial charge in [0.05, 0.1) is 6.54 Å². The first-order valence-electron chi connectivity index (χ1n) is 4.16. The Balaban J connectivity index is 0.00000169. The van der Waals surface area contributed by atoms with E-state index >= 15 is 0 Å². The summed E-state index contributed by atoms with van der Waals surface area (Å²) in [5.74, 6) is 2.28. The largest absolute Gasteiger partial charge is 0.300 e. The van der Waals surface area contributed by atoms with Gasteiger partial charge >= 0.3 is 0 Å². The predicted molar refractivity (Wildman–Crippen MR) is 58.9 cm³/mol. The smallest absolute Gasteiger partial charge is 0.123 e. The van der Waals surface area contributed by atoms with Crippen LogP contribution in [0.2, 0.25) is 0 Å². The number of hydrogen-bond donors (Lipinski definition) is 1. The molecule has 14 heavy (non-hydrogen) atoms. The van der Waals surface area contributed by atoms with Crippen LogP contribution in [-0.2, 0) is 0 Å². The van der Waals surface area contributed by atoms with Crippen molar-refractivity contribution < 1.29 is 4.39 Å². The average molecular weight is 214 g/mol. The molecular weight excluding hydrogens is 201 g/mol. The maximum atomic E-state index is 12.5. The number of halogens is 2. The van der Waals surface area contributed by atoms with Crippen molar-refractivity contribution in [1.82, 2.24) is 5.32 Å². The highest BCUT2D eigenvalue weighted by molar-refractivity contribution is 5.85. The highest BCUT2D eigenvalue weighted by atomic mass is 35.5. The molecule has 0 aliphatic rings. The Kier molecular flexibility index (Phi) is 5.94. The van der Waals surface area contributed by atoms with E-state index in [1.54, 1.807) is 12.1 Å². The molecule has 1 nitrogen and oxygen atoms in total. The monoisotopic (exact) mass is 213 g/mol. The number of nitrogens with one attached hydrogen (secondary N) is 1. The van der Waals surface area contributed by atoms with Gasteiger partial charge in [-0.25, -0.2) is 4.39 Å². The van der Waals surface area contributed by atoms with E-state index < -0.39 is 0 Å². The van der Waals surface area contributed by atoms with Gasteiger partial charge in [-0.05, 0) is 24.6 Å². The lowest BCUT2D eigenvalue weighted by Gasteiger charge is -2.11. The molecule has 76 valence electrons. The van der Waals surface area contributed by atoms with Crippen LogP contribution in [0.1, 0.15) is 18.5 Å². The molecule has 1 N–H and O–H groups in total. The lowest BCUT2D eigenvalue weighted by atomic mass is 10.1. The molecular formula is C11H13ClFN. The average Bonchev–Trinajstić information content (AvgIpc) is 2.15. The van der Waals surface area contributed by atoms with Crippen molar-refractivity contribution in [3.05, 3.63) is 35.6 Å². The zero-order chi connectivity index (χ0) is 9.68. The van der Waals surface area contributed by atoms with Crippen LogP contribution < -0.4 is 5.32 Å². The van der Waals surface area contributed by atoms with Gasteiger partial charge in [0.15, 0.2) is 0 Å². The van der Waals surface area contributed by atoms with Gasteiger partial charge < -0.3 is 0 Å². The highest BCUT2D eigenvalue weighted by Crippen LogP contribution is 2.11. The van der Waals surface area contributed by atoms with E-state index in [-0.39, 0.29) is 24.3 Å². The van der Waals surface area contributed by atoms with Crippen LogP contribution in [0, 0.1) is 18.2 Å². The molecule has 1 atom stereocenters. The van der Waals surface area contributed by atoms with Crippen molar-refractivity contribution >= 4 is 12.4 Å². The van der Waals surface area contributed by atoms with Crippen LogP contribution >= 0.6 is 12.4 Å². The van der Waals surface area contributed by atoms with Crippen molar-refractivity contribution in [2.75, 3.05) is 6.54 Å². The minimum absolute atomic E-state index is 0. The Morgan fingerprint density at radius 1 is 1.43 bits per heavy atom. The van der Waals surface area contributed by atoms with Gasteiger partial charge in [0, 0.05) is 6.04 Å². The molecule has 1 rings (SSSR count). The third-order valence-corrected chi connectivity index (χ3v) is 1.88. The molecule has 3 heteroatoms. The third-order valence-electron chi connectivity index (χ3n) is 1.88. The number of rotatable bonds is 3. The van der Waals surface area contributed by atoms with E-state index in [1.165, 1.54) is 12.1 Å². The molecule has 0 saturated carbocycles. The zero-order valence-electron chi connectivity index (χ0n) is 7.96. The molecule has 0 aromatic heterocycles. The fraction of sp³-hybridized carbons (Fsp3) is 0.273. The lowest BCUT2D eigenvalue weighted by Crippen LogP contribution is -2.18. The van der Waals surface area contributed by atoms with Crippen LogP contribution in [0.3, 0.4) is 0 Å². The Morgan fingerprint density at radius 3 is 2.50 bits per heavy atom. The van der Waals surface area contributed by atoms with Gasteiger partial charge in [-0.15, -0.1) is 18.8 Å². The second kappa shape index (κ2) is 6.42. The minimum Gasteiger partial charge on any atom is -0.300 e. The van der Waals surface area contributed by atoms with Crippen molar-refractivity contribution in [2.45, 2.75) is 13.0 Å². The molecule has 1 aromatic rings. The minimum atomic E-state index is -0.215.